The number of pyridine rings is 1. The normalized spacial score (nSPS) is 21.3. The number of aromatic nitrogens is 1. The van der Waals surface area contributed by atoms with E-state index in [1.165, 1.54) is 11.0 Å². The van der Waals surface area contributed by atoms with Crippen LogP contribution in [-0.4, -0.2) is 45.2 Å². The molecule has 0 radical (unpaired) electrons. The van der Waals surface area contributed by atoms with E-state index < -0.39 is 24.1 Å². The molecule has 0 aliphatic carbocycles. The van der Waals surface area contributed by atoms with Crippen molar-refractivity contribution in [2.45, 2.75) is 25.1 Å². The van der Waals surface area contributed by atoms with Crippen LogP contribution >= 0.6 is 0 Å². The quantitative estimate of drug-likeness (QED) is 0.694. The Hall–Kier alpha value is -3.45. The summed E-state index contributed by atoms with van der Waals surface area (Å²) in [5.74, 6) is -0.406. The predicted molar refractivity (Wildman–Crippen MR) is 108 cm³/mol. The largest absolute Gasteiger partial charge is 0.390 e. The van der Waals surface area contributed by atoms with Gasteiger partial charge in [-0.1, -0.05) is 30.3 Å². The number of imide groups is 1. The van der Waals surface area contributed by atoms with Crippen LogP contribution in [0.5, 0.6) is 0 Å². The lowest BCUT2D eigenvalue weighted by Gasteiger charge is -2.17. The predicted octanol–water partition coefficient (Wildman–Crippen LogP) is 1.95. The number of aliphatic hydroxyl groups excluding tert-OH is 1. The van der Waals surface area contributed by atoms with Crippen molar-refractivity contribution in [1.82, 2.24) is 9.47 Å². The number of anilines is 1. The Kier molecular flexibility index (Phi) is 3.99. The second-order valence-electron chi connectivity index (χ2n) is 7.44. The van der Waals surface area contributed by atoms with E-state index in [-0.39, 0.29) is 5.56 Å². The summed E-state index contributed by atoms with van der Waals surface area (Å²) in [4.78, 5) is 40.5. The Balaban J connectivity index is 1.55. The first kappa shape index (κ1) is 17.6. The Labute approximate surface area is 166 Å². The maximum Gasteiger partial charge on any atom is 0.332 e. The molecule has 3 heterocycles. The summed E-state index contributed by atoms with van der Waals surface area (Å²) in [6.45, 7) is 0.803. The van der Waals surface area contributed by atoms with Gasteiger partial charge in [-0.25, -0.2) is 9.69 Å². The van der Waals surface area contributed by atoms with Crippen LogP contribution in [0.1, 0.15) is 12.0 Å². The Morgan fingerprint density at radius 3 is 2.52 bits per heavy atom. The SMILES string of the molecule is O=C1[C@@H]2[C@H](O)CCN2C(=O)N1c1ccc2c(ccc(=O)n2Cc2ccccc2)c1. The Morgan fingerprint density at radius 1 is 0.966 bits per heavy atom. The zero-order valence-electron chi connectivity index (χ0n) is 15.6. The molecule has 2 aromatic carbocycles. The number of carbonyl (C=O) groups is 2. The third-order valence-electron chi connectivity index (χ3n) is 5.69. The monoisotopic (exact) mass is 389 g/mol. The number of fused-ring (bicyclic) bond motifs is 2. The number of hydrogen-bond donors (Lipinski definition) is 1. The molecule has 0 spiro atoms. The highest BCUT2D eigenvalue weighted by molar-refractivity contribution is 6.22. The summed E-state index contributed by atoms with van der Waals surface area (Å²) in [6.07, 6.45) is -0.410. The second kappa shape index (κ2) is 6.56. The molecule has 2 saturated heterocycles. The molecule has 1 N–H and O–H groups in total. The van der Waals surface area contributed by atoms with E-state index in [0.29, 0.717) is 25.2 Å². The fourth-order valence-electron chi connectivity index (χ4n) is 4.24. The average molecular weight is 389 g/mol. The third-order valence-corrected chi connectivity index (χ3v) is 5.69. The van der Waals surface area contributed by atoms with Crippen molar-refractivity contribution in [3.05, 3.63) is 76.6 Å². The molecule has 3 amide bonds. The van der Waals surface area contributed by atoms with Gasteiger partial charge in [-0.05, 0) is 36.2 Å². The summed E-state index contributed by atoms with van der Waals surface area (Å²) in [5, 5.41) is 10.8. The molecule has 1 aromatic heterocycles. The van der Waals surface area contributed by atoms with Gasteiger partial charge in [-0.2, -0.15) is 0 Å². The molecule has 5 rings (SSSR count). The minimum Gasteiger partial charge on any atom is -0.390 e. The van der Waals surface area contributed by atoms with Gasteiger partial charge >= 0.3 is 6.03 Å². The highest BCUT2D eigenvalue weighted by Crippen LogP contribution is 2.32. The van der Waals surface area contributed by atoms with Crippen LogP contribution in [0, 0.1) is 0 Å². The van der Waals surface area contributed by atoms with E-state index in [1.54, 1.807) is 28.8 Å². The van der Waals surface area contributed by atoms with Crippen molar-refractivity contribution in [2.24, 2.45) is 0 Å². The van der Waals surface area contributed by atoms with Crippen LogP contribution in [0.2, 0.25) is 0 Å². The van der Waals surface area contributed by atoms with Crippen LogP contribution in [0.15, 0.2) is 65.5 Å². The molecule has 3 aromatic rings. The minimum absolute atomic E-state index is 0.119. The number of rotatable bonds is 3. The van der Waals surface area contributed by atoms with Gasteiger partial charge in [0.25, 0.3) is 11.5 Å². The molecule has 2 fully saturated rings. The number of hydrogen-bond acceptors (Lipinski definition) is 4. The van der Waals surface area contributed by atoms with Crippen molar-refractivity contribution >= 4 is 28.5 Å². The van der Waals surface area contributed by atoms with Gasteiger partial charge in [0.1, 0.15) is 6.04 Å². The van der Waals surface area contributed by atoms with Crippen molar-refractivity contribution < 1.29 is 14.7 Å². The summed E-state index contributed by atoms with van der Waals surface area (Å²) in [7, 11) is 0. The van der Waals surface area contributed by atoms with E-state index in [0.717, 1.165) is 21.4 Å². The molecule has 0 saturated carbocycles. The third kappa shape index (κ3) is 2.74. The van der Waals surface area contributed by atoms with Gasteiger partial charge in [0, 0.05) is 18.0 Å². The highest BCUT2D eigenvalue weighted by atomic mass is 16.3. The lowest BCUT2D eigenvalue weighted by atomic mass is 10.1. The topological polar surface area (TPSA) is 82.8 Å². The molecule has 0 bridgehead atoms. The van der Waals surface area contributed by atoms with Crippen molar-refractivity contribution in [3.8, 4) is 0 Å². The van der Waals surface area contributed by atoms with Crippen LogP contribution in [0.3, 0.4) is 0 Å². The first-order chi connectivity index (χ1) is 14.0. The van der Waals surface area contributed by atoms with Crippen LogP contribution in [0.25, 0.3) is 10.9 Å². The summed E-state index contributed by atoms with van der Waals surface area (Å²) in [5.41, 5.74) is 2.06. The lowest BCUT2D eigenvalue weighted by molar-refractivity contribution is -0.121. The lowest BCUT2D eigenvalue weighted by Crippen LogP contribution is -2.36. The van der Waals surface area contributed by atoms with E-state index in [4.69, 9.17) is 0 Å². The van der Waals surface area contributed by atoms with Crippen LogP contribution < -0.4 is 10.5 Å². The smallest absolute Gasteiger partial charge is 0.332 e. The zero-order chi connectivity index (χ0) is 20.1. The van der Waals surface area contributed by atoms with Crippen molar-refractivity contribution in [1.29, 1.82) is 0 Å². The molecule has 146 valence electrons. The van der Waals surface area contributed by atoms with Gasteiger partial charge in [0.05, 0.1) is 23.9 Å². The van der Waals surface area contributed by atoms with E-state index in [2.05, 4.69) is 0 Å². The van der Waals surface area contributed by atoms with E-state index >= 15 is 0 Å². The van der Waals surface area contributed by atoms with Crippen molar-refractivity contribution in [2.75, 3.05) is 11.4 Å². The molecule has 7 heteroatoms. The second-order valence-corrected chi connectivity index (χ2v) is 7.44. The number of aliphatic hydroxyl groups is 1. The molecule has 0 unspecified atom stereocenters. The summed E-state index contributed by atoms with van der Waals surface area (Å²) < 4.78 is 1.67. The highest BCUT2D eigenvalue weighted by Gasteiger charge is 2.52. The molecular formula is C22H19N3O4. The fraction of sp³-hybridized carbons (Fsp3) is 0.227. The first-order valence-electron chi connectivity index (χ1n) is 9.55. The standard InChI is InChI=1S/C22H19N3O4/c26-18-10-11-23-20(18)21(28)25(22(23)29)16-7-8-17-15(12-16)6-9-19(27)24(17)13-14-4-2-1-3-5-14/h1-9,12,18,20,26H,10-11,13H2/t18-,20+/m1/s1. The Bertz CT molecular complexity index is 1190. The van der Waals surface area contributed by atoms with E-state index in [9.17, 15) is 19.5 Å². The number of benzene rings is 2. The summed E-state index contributed by atoms with van der Waals surface area (Å²) in [6, 6.07) is 16.8. The number of urea groups is 1. The molecule has 2 aliphatic rings. The van der Waals surface area contributed by atoms with Gasteiger partial charge in [0.15, 0.2) is 0 Å². The number of amides is 3. The fourth-order valence-corrected chi connectivity index (χ4v) is 4.24. The number of nitrogens with zero attached hydrogens (tertiary/aromatic N) is 3. The maximum atomic E-state index is 12.8. The van der Waals surface area contributed by atoms with Gasteiger partial charge in [-0.3, -0.25) is 9.59 Å². The molecule has 7 nitrogen and oxygen atoms in total. The van der Waals surface area contributed by atoms with Crippen LogP contribution in [0.4, 0.5) is 10.5 Å². The minimum atomic E-state index is -0.826. The summed E-state index contributed by atoms with van der Waals surface area (Å²) >= 11 is 0. The average Bonchev–Trinajstić information content (AvgIpc) is 3.23. The van der Waals surface area contributed by atoms with Gasteiger partial charge in [-0.15, -0.1) is 0 Å². The Morgan fingerprint density at radius 2 is 1.76 bits per heavy atom. The zero-order valence-corrected chi connectivity index (χ0v) is 15.6. The van der Waals surface area contributed by atoms with E-state index in [1.807, 2.05) is 30.3 Å². The van der Waals surface area contributed by atoms with Gasteiger partial charge in [0.2, 0.25) is 0 Å². The molecule has 29 heavy (non-hydrogen) atoms. The van der Waals surface area contributed by atoms with Gasteiger partial charge < -0.3 is 14.6 Å². The molecule has 2 atom stereocenters. The maximum absolute atomic E-state index is 12.8. The molecule has 2 aliphatic heterocycles. The van der Waals surface area contributed by atoms with Crippen LogP contribution in [-0.2, 0) is 11.3 Å². The van der Waals surface area contributed by atoms with Crippen molar-refractivity contribution in [3.63, 3.8) is 0 Å². The molecular weight excluding hydrogens is 370 g/mol. The first-order valence-corrected chi connectivity index (χ1v) is 9.55. The number of carbonyl (C=O) groups excluding carboxylic acids is 2.